The molecule has 1 aliphatic heterocycles. The Hall–Kier alpha value is -2.34. The maximum absolute atomic E-state index is 12.2. The molecule has 0 saturated carbocycles. The summed E-state index contributed by atoms with van der Waals surface area (Å²) in [6, 6.07) is 6.07. The maximum atomic E-state index is 12.2. The number of oxazole rings is 1. The van der Waals surface area contributed by atoms with Crippen molar-refractivity contribution < 1.29 is 18.7 Å². The molecule has 1 aromatic carbocycles. The van der Waals surface area contributed by atoms with Crippen LogP contribution in [0.4, 0.5) is 4.79 Å². The molecule has 0 spiro atoms. The van der Waals surface area contributed by atoms with Crippen LogP contribution in [0.25, 0.3) is 11.3 Å². The first-order valence-electron chi connectivity index (χ1n) is 8.41. The Morgan fingerprint density at radius 2 is 2.20 bits per heavy atom. The lowest BCUT2D eigenvalue weighted by atomic mass is 9.91. The molecular weight excluding hydrogens is 320 g/mol. The summed E-state index contributed by atoms with van der Waals surface area (Å²) in [5.41, 5.74) is 3.64. The summed E-state index contributed by atoms with van der Waals surface area (Å²) >= 11 is 0. The highest BCUT2D eigenvalue weighted by atomic mass is 16.6. The lowest BCUT2D eigenvalue weighted by Crippen LogP contribution is -2.38. The van der Waals surface area contributed by atoms with E-state index in [1.54, 1.807) is 18.2 Å². The van der Waals surface area contributed by atoms with Crippen molar-refractivity contribution in [3.8, 4) is 11.3 Å². The third-order valence-electron chi connectivity index (χ3n) is 4.08. The molecule has 3 rings (SSSR count). The Morgan fingerprint density at radius 3 is 2.88 bits per heavy atom. The average Bonchev–Trinajstić information content (AvgIpc) is 3.07. The molecule has 25 heavy (non-hydrogen) atoms. The molecule has 2 heterocycles. The van der Waals surface area contributed by atoms with Gasteiger partial charge in [-0.25, -0.2) is 9.78 Å². The molecule has 0 fully saturated rings. The van der Waals surface area contributed by atoms with Crippen LogP contribution in [0, 0.1) is 0 Å². The van der Waals surface area contributed by atoms with Crippen molar-refractivity contribution in [1.82, 2.24) is 9.88 Å². The largest absolute Gasteiger partial charge is 0.451 e. The highest BCUT2D eigenvalue weighted by Gasteiger charge is 2.28. The molecule has 1 aliphatic rings. The van der Waals surface area contributed by atoms with Gasteiger partial charge in [-0.3, -0.25) is 0 Å². The van der Waals surface area contributed by atoms with Crippen LogP contribution in [0.5, 0.6) is 0 Å². The molecule has 6 heteroatoms. The smallest absolute Gasteiger partial charge is 0.410 e. The van der Waals surface area contributed by atoms with Crippen LogP contribution >= 0.6 is 0 Å². The van der Waals surface area contributed by atoms with Crippen molar-refractivity contribution in [2.75, 3.05) is 20.2 Å². The average molecular weight is 344 g/mol. The van der Waals surface area contributed by atoms with Crippen molar-refractivity contribution in [2.24, 2.45) is 0 Å². The predicted octanol–water partition coefficient (Wildman–Crippen LogP) is 3.82. The lowest BCUT2D eigenvalue weighted by molar-refractivity contribution is -0.00157. The summed E-state index contributed by atoms with van der Waals surface area (Å²) in [6.07, 6.45) is 3.35. The number of carbonyl (C=O) groups is 1. The number of aromatic nitrogens is 1. The second kappa shape index (κ2) is 6.88. The molecule has 0 unspecified atom stereocenters. The molecule has 2 aromatic rings. The molecule has 0 saturated heterocycles. The number of carbonyl (C=O) groups excluding carboxylic acids is 1. The fourth-order valence-electron chi connectivity index (χ4n) is 2.98. The van der Waals surface area contributed by atoms with E-state index in [0.29, 0.717) is 13.2 Å². The lowest BCUT2D eigenvalue weighted by Gasteiger charge is -2.31. The van der Waals surface area contributed by atoms with Gasteiger partial charge >= 0.3 is 6.09 Å². The van der Waals surface area contributed by atoms with E-state index in [2.05, 4.69) is 4.98 Å². The highest BCUT2D eigenvalue weighted by molar-refractivity contribution is 5.68. The van der Waals surface area contributed by atoms with Gasteiger partial charge < -0.3 is 18.8 Å². The van der Waals surface area contributed by atoms with Gasteiger partial charge in [0.1, 0.15) is 23.7 Å². The first-order chi connectivity index (χ1) is 11.8. The third kappa shape index (κ3) is 4.02. The Morgan fingerprint density at radius 1 is 1.40 bits per heavy atom. The number of benzene rings is 1. The second-order valence-electron chi connectivity index (χ2n) is 7.22. The topological polar surface area (TPSA) is 64.8 Å². The normalized spacial score (nSPS) is 17.0. The number of rotatable bonds is 3. The van der Waals surface area contributed by atoms with Crippen LogP contribution in [-0.4, -0.2) is 41.8 Å². The molecule has 1 aromatic heterocycles. The monoisotopic (exact) mass is 344 g/mol. The predicted molar refractivity (Wildman–Crippen MR) is 93.2 cm³/mol. The van der Waals surface area contributed by atoms with Gasteiger partial charge in [0.05, 0.1) is 13.2 Å². The molecule has 0 bridgehead atoms. The fourth-order valence-corrected chi connectivity index (χ4v) is 2.98. The molecule has 0 aliphatic carbocycles. The molecular formula is C19H24N2O4. The quantitative estimate of drug-likeness (QED) is 0.847. The van der Waals surface area contributed by atoms with Gasteiger partial charge in [-0.15, -0.1) is 0 Å². The van der Waals surface area contributed by atoms with E-state index in [4.69, 9.17) is 13.9 Å². The van der Waals surface area contributed by atoms with E-state index in [9.17, 15) is 4.79 Å². The number of fused-ring (bicyclic) bond motifs is 1. The number of hydrogen-bond donors (Lipinski definition) is 0. The van der Waals surface area contributed by atoms with Crippen LogP contribution in [0.3, 0.4) is 0 Å². The number of ether oxygens (including phenoxy) is 2. The Balaban J connectivity index is 1.80. The number of nitrogens with zero attached hydrogens (tertiary/aromatic N) is 2. The van der Waals surface area contributed by atoms with Gasteiger partial charge in [0.25, 0.3) is 0 Å². The summed E-state index contributed by atoms with van der Waals surface area (Å²) < 4.78 is 16.5. The summed E-state index contributed by atoms with van der Waals surface area (Å²) in [4.78, 5) is 18.0. The summed E-state index contributed by atoms with van der Waals surface area (Å²) in [7, 11) is 1.73. The van der Waals surface area contributed by atoms with E-state index in [-0.39, 0.29) is 12.2 Å². The van der Waals surface area contributed by atoms with Gasteiger partial charge in [0.15, 0.2) is 6.39 Å². The van der Waals surface area contributed by atoms with Gasteiger partial charge in [-0.2, -0.15) is 0 Å². The Bertz CT molecular complexity index is 734. The summed E-state index contributed by atoms with van der Waals surface area (Å²) in [6.45, 7) is 6.61. The van der Waals surface area contributed by atoms with Crippen LogP contribution in [-0.2, 0) is 15.9 Å². The first kappa shape index (κ1) is 17.5. The molecule has 6 nitrogen and oxygen atoms in total. The summed E-state index contributed by atoms with van der Waals surface area (Å²) in [5.74, 6) is 0. The van der Waals surface area contributed by atoms with Crippen molar-refractivity contribution >= 4 is 6.09 Å². The Labute approximate surface area is 147 Å². The molecule has 0 radical (unpaired) electrons. The van der Waals surface area contributed by atoms with E-state index in [1.165, 1.54) is 12.0 Å². The van der Waals surface area contributed by atoms with Crippen molar-refractivity contribution in [2.45, 2.75) is 38.9 Å². The SMILES string of the molecule is CN(C[C@@H]1OCCc2c(-c3cocn3)cccc21)C(=O)OC(C)(C)C. The zero-order chi connectivity index (χ0) is 18.0. The number of likely N-dealkylation sites (N-methyl/N-ethyl adjacent to an activating group) is 1. The molecule has 1 atom stereocenters. The van der Waals surface area contributed by atoms with Crippen LogP contribution in [0.2, 0.25) is 0 Å². The highest BCUT2D eigenvalue weighted by Crippen LogP contribution is 2.34. The van der Waals surface area contributed by atoms with Gasteiger partial charge in [0.2, 0.25) is 0 Å². The first-order valence-corrected chi connectivity index (χ1v) is 8.41. The van der Waals surface area contributed by atoms with Crippen molar-refractivity contribution in [3.63, 3.8) is 0 Å². The van der Waals surface area contributed by atoms with Crippen LogP contribution in [0.1, 0.15) is 38.0 Å². The molecule has 1 amide bonds. The Kier molecular flexibility index (Phi) is 4.81. The van der Waals surface area contributed by atoms with E-state index in [1.807, 2.05) is 39.0 Å². The minimum atomic E-state index is -0.517. The second-order valence-corrected chi connectivity index (χ2v) is 7.22. The summed E-state index contributed by atoms with van der Waals surface area (Å²) in [5, 5.41) is 0. The van der Waals surface area contributed by atoms with Gasteiger partial charge in [-0.05, 0) is 38.3 Å². The minimum Gasteiger partial charge on any atom is -0.451 e. The van der Waals surface area contributed by atoms with Crippen LogP contribution in [0.15, 0.2) is 35.3 Å². The third-order valence-corrected chi connectivity index (χ3v) is 4.08. The molecule has 134 valence electrons. The standard InChI is InChI=1S/C19H24N2O4/c1-19(2,3)25-18(22)21(4)10-17-15-7-5-6-14(13(15)8-9-24-17)16-11-23-12-20-16/h5-7,11-12,17H,8-10H2,1-4H3/t17-/m0/s1. The maximum Gasteiger partial charge on any atom is 0.410 e. The van der Waals surface area contributed by atoms with Gasteiger partial charge in [0, 0.05) is 12.6 Å². The van der Waals surface area contributed by atoms with Crippen molar-refractivity contribution in [1.29, 1.82) is 0 Å². The fraction of sp³-hybridized carbons (Fsp3) is 0.474. The zero-order valence-electron chi connectivity index (χ0n) is 15.1. The number of hydrogen-bond acceptors (Lipinski definition) is 5. The zero-order valence-corrected chi connectivity index (χ0v) is 15.1. The minimum absolute atomic E-state index is 0.187. The number of amides is 1. The van der Waals surface area contributed by atoms with Crippen LogP contribution < -0.4 is 0 Å². The van der Waals surface area contributed by atoms with Crippen molar-refractivity contribution in [3.05, 3.63) is 42.0 Å². The van der Waals surface area contributed by atoms with E-state index in [0.717, 1.165) is 23.2 Å². The van der Waals surface area contributed by atoms with E-state index >= 15 is 0 Å². The van der Waals surface area contributed by atoms with Gasteiger partial charge in [-0.1, -0.05) is 18.2 Å². The van der Waals surface area contributed by atoms with E-state index < -0.39 is 5.60 Å². The molecule has 0 N–H and O–H groups in total.